The largest absolute Gasteiger partial charge is 0.367 e. The molecule has 1 unspecified atom stereocenters. The van der Waals surface area contributed by atoms with Crippen molar-refractivity contribution in [3.63, 3.8) is 0 Å². The molecule has 0 fully saturated rings. The summed E-state index contributed by atoms with van der Waals surface area (Å²) in [4.78, 5) is 16.7. The van der Waals surface area contributed by atoms with Crippen LogP contribution in [0.2, 0.25) is 0 Å². The Morgan fingerprint density at radius 1 is 1.48 bits per heavy atom. The SMILES string of the molecule is CCN(CC)CCCC(C)Nc1ncc([N+](=O)[O-])cc1Br. The highest BCUT2D eigenvalue weighted by Crippen LogP contribution is 2.25. The van der Waals surface area contributed by atoms with Crippen molar-refractivity contribution in [2.75, 3.05) is 25.0 Å². The Morgan fingerprint density at radius 3 is 2.67 bits per heavy atom. The second-order valence-corrected chi connectivity index (χ2v) is 5.85. The summed E-state index contributed by atoms with van der Waals surface area (Å²) in [6.07, 6.45) is 3.41. The quantitative estimate of drug-likeness (QED) is 0.538. The van der Waals surface area contributed by atoms with Gasteiger partial charge in [0.2, 0.25) is 0 Å². The van der Waals surface area contributed by atoms with Gasteiger partial charge in [-0.05, 0) is 55.3 Å². The van der Waals surface area contributed by atoms with Gasteiger partial charge in [-0.15, -0.1) is 0 Å². The Kier molecular flexibility index (Phi) is 7.60. The van der Waals surface area contributed by atoms with E-state index in [0.29, 0.717) is 10.3 Å². The lowest BCUT2D eigenvalue weighted by molar-refractivity contribution is -0.385. The van der Waals surface area contributed by atoms with Crippen LogP contribution < -0.4 is 5.32 Å². The first kappa shape index (κ1) is 17.8. The fraction of sp³-hybridized carbons (Fsp3) is 0.643. The average Bonchev–Trinajstić information content (AvgIpc) is 2.45. The summed E-state index contributed by atoms with van der Waals surface area (Å²) < 4.78 is 0.618. The highest BCUT2D eigenvalue weighted by Gasteiger charge is 2.12. The van der Waals surface area contributed by atoms with Gasteiger partial charge in [-0.2, -0.15) is 0 Å². The average molecular weight is 359 g/mol. The van der Waals surface area contributed by atoms with E-state index in [2.05, 4.69) is 51.9 Å². The molecule has 1 rings (SSSR count). The number of rotatable bonds is 9. The molecule has 1 aromatic heterocycles. The molecule has 0 aliphatic carbocycles. The van der Waals surface area contributed by atoms with Gasteiger partial charge in [0, 0.05) is 12.1 Å². The van der Waals surface area contributed by atoms with Gasteiger partial charge in [-0.25, -0.2) is 4.98 Å². The number of nitro groups is 1. The minimum atomic E-state index is -0.449. The molecule has 0 radical (unpaired) electrons. The van der Waals surface area contributed by atoms with Gasteiger partial charge >= 0.3 is 0 Å². The van der Waals surface area contributed by atoms with Gasteiger partial charge in [0.1, 0.15) is 12.0 Å². The molecule has 21 heavy (non-hydrogen) atoms. The van der Waals surface area contributed by atoms with Gasteiger partial charge in [0.25, 0.3) is 5.69 Å². The van der Waals surface area contributed by atoms with Crippen molar-refractivity contribution < 1.29 is 4.92 Å². The topological polar surface area (TPSA) is 71.3 Å². The van der Waals surface area contributed by atoms with E-state index in [1.54, 1.807) is 0 Å². The summed E-state index contributed by atoms with van der Waals surface area (Å²) in [5.74, 6) is 0.649. The molecule has 7 heteroatoms. The first-order valence-electron chi connectivity index (χ1n) is 7.26. The van der Waals surface area contributed by atoms with Crippen LogP contribution in [0.15, 0.2) is 16.7 Å². The maximum absolute atomic E-state index is 10.7. The van der Waals surface area contributed by atoms with Gasteiger partial charge in [0.15, 0.2) is 0 Å². The van der Waals surface area contributed by atoms with E-state index >= 15 is 0 Å². The number of halogens is 1. The first-order chi connectivity index (χ1) is 9.97. The van der Waals surface area contributed by atoms with Crippen LogP contribution in [-0.4, -0.2) is 40.5 Å². The zero-order valence-corrected chi connectivity index (χ0v) is 14.4. The number of hydrogen-bond acceptors (Lipinski definition) is 5. The van der Waals surface area contributed by atoms with Crippen LogP contribution >= 0.6 is 15.9 Å². The van der Waals surface area contributed by atoms with Crippen LogP contribution in [0, 0.1) is 10.1 Å². The summed E-state index contributed by atoms with van der Waals surface area (Å²) in [5, 5.41) is 14.0. The predicted molar refractivity (Wildman–Crippen MR) is 88.7 cm³/mol. The lowest BCUT2D eigenvalue weighted by atomic mass is 10.1. The van der Waals surface area contributed by atoms with Crippen molar-refractivity contribution in [2.45, 2.75) is 39.7 Å². The van der Waals surface area contributed by atoms with E-state index in [1.807, 2.05) is 0 Å². The number of anilines is 1. The summed E-state index contributed by atoms with van der Waals surface area (Å²) in [7, 11) is 0. The molecule has 0 saturated carbocycles. The van der Waals surface area contributed by atoms with Crippen molar-refractivity contribution in [2.24, 2.45) is 0 Å². The zero-order chi connectivity index (χ0) is 15.8. The van der Waals surface area contributed by atoms with Gasteiger partial charge in [-0.1, -0.05) is 13.8 Å². The van der Waals surface area contributed by atoms with Crippen LogP contribution in [0.4, 0.5) is 11.5 Å². The smallest absolute Gasteiger partial charge is 0.288 e. The molecule has 0 aliphatic heterocycles. The van der Waals surface area contributed by atoms with E-state index < -0.39 is 4.92 Å². The van der Waals surface area contributed by atoms with Gasteiger partial charge in [0.05, 0.1) is 9.40 Å². The van der Waals surface area contributed by atoms with E-state index in [4.69, 9.17) is 0 Å². The minimum absolute atomic E-state index is 0.0124. The van der Waals surface area contributed by atoms with Gasteiger partial charge in [-0.3, -0.25) is 10.1 Å². The van der Waals surface area contributed by atoms with Crippen molar-refractivity contribution in [1.82, 2.24) is 9.88 Å². The monoisotopic (exact) mass is 358 g/mol. The number of nitrogens with zero attached hydrogens (tertiary/aromatic N) is 3. The fourth-order valence-corrected chi connectivity index (χ4v) is 2.55. The summed E-state index contributed by atoms with van der Waals surface area (Å²) >= 11 is 3.32. The molecular weight excluding hydrogens is 336 g/mol. The molecular formula is C14H23BrN4O2. The molecule has 0 aromatic carbocycles. The predicted octanol–water partition coefficient (Wildman–Crippen LogP) is 3.67. The summed E-state index contributed by atoms with van der Waals surface area (Å²) in [6.45, 7) is 9.68. The molecule has 1 aromatic rings. The molecule has 1 atom stereocenters. The Balaban J connectivity index is 2.47. The van der Waals surface area contributed by atoms with Crippen LogP contribution in [-0.2, 0) is 0 Å². The first-order valence-corrected chi connectivity index (χ1v) is 8.06. The van der Waals surface area contributed by atoms with Crippen molar-refractivity contribution in [3.8, 4) is 0 Å². The van der Waals surface area contributed by atoms with E-state index in [-0.39, 0.29) is 11.7 Å². The molecule has 0 saturated heterocycles. The molecule has 6 nitrogen and oxygen atoms in total. The lowest BCUT2D eigenvalue weighted by Gasteiger charge is -2.20. The van der Waals surface area contributed by atoms with E-state index in [9.17, 15) is 10.1 Å². The third-order valence-corrected chi connectivity index (χ3v) is 4.03. The Morgan fingerprint density at radius 2 is 2.14 bits per heavy atom. The Hall–Kier alpha value is -1.21. The zero-order valence-electron chi connectivity index (χ0n) is 12.8. The second kappa shape index (κ2) is 8.94. The van der Waals surface area contributed by atoms with Crippen molar-refractivity contribution in [3.05, 3.63) is 26.9 Å². The van der Waals surface area contributed by atoms with Crippen molar-refractivity contribution >= 4 is 27.4 Å². The standard InChI is InChI=1S/C14H23BrN4O2/c1-4-18(5-2)8-6-7-11(3)17-14-13(15)9-12(10-16-14)19(20)21/h9-11H,4-8H2,1-3H3,(H,16,17). The molecule has 1 heterocycles. The maximum Gasteiger partial charge on any atom is 0.288 e. The normalized spacial score (nSPS) is 12.4. The highest BCUT2D eigenvalue weighted by atomic mass is 79.9. The fourth-order valence-electron chi connectivity index (χ4n) is 2.10. The van der Waals surface area contributed by atoms with Gasteiger partial charge < -0.3 is 10.2 Å². The van der Waals surface area contributed by atoms with E-state index in [0.717, 1.165) is 32.5 Å². The Labute approximate surface area is 134 Å². The highest BCUT2D eigenvalue weighted by molar-refractivity contribution is 9.10. The third-order valence-electron chi connectivity index (χ3n) is 3.43. The Bertz CT molecular complexity index is 466. The number of nitrogens with one attached hydrogen (secondary N) is 1. The number of hydrogen-bond donors (Lipinski definition) is 1. The lowest BCUT2D eigenvalue weighted by Crippen LogP contribution is -2.25. The summed E-state index contributed by atoms with van der Waals surface area (Å²) in [5.41, 5.74) is -0.0124. The maximum atomic E-state index is 10.7. The second-order valence-electron chi connectivity index (χ2n) is 5.00. The molecule has 0 aliphatic rings. The van der Waals surface area contributed by atoms with Crippen LogP contribution in [0.5, 0.6) is 0 Å². The third kappa shape index (κ3) is 5.97. The molecule has 0 spiro atoms. The summed E-state index contributed by atoms with van der Waals surface area (Å²) in [6, 6.07) is 1.74. The molecule has 118 valence electrons. The molecule has 1 N–H and O–H groups in total. The number of aromatic nitrogens is 1. The van der Waals surface area contributed by atoms with Crippen LogP contribution in [0.3, 0.4) is 0 Å². The van der Waals surface area contributed by atoms with Crippen molar-refractivity contribution in [1.29, 1.82) is 0 Å². The number of pyridine rings is 1. The van der Waals surface area contributed by atoms with Crippen LogP contribution in [0.1, 0.15) is 33.6 Å². The van der Waals surface area contributed by atoms with Crippen LogP contribution in [0.25, 0.3) is 0 Å². The van der Waals surface area contributed by atoms with E-state index in [1.165, 1.54) is 12.3 Å². The molecule has 0 amide bonds. The molecule has 0 bridgehead atoms. The minimum Gasteiger partial charge on any atom is -0.367 e.